The van der Waals surface area contributed by atoms with Gasteiger partial charge in [-0.15, -0.1) is 10.2 Å². The normalized spacial score (nSPS) is 28.3. The van der Waals surface area contributed by atoms with Crippen LogP contribution in [0.5, 0.6) is 0 Å². The van der Waals surface area contributed by atoms with Crippen molar-refractivity contribution in [2.24, 2.45) is 11.7 Å². The van der Waals surface area contributed by atoms with Gasteiger partial charge in [-0.2, -0.15) is 0 Å². The van der Waals surface area contributed by atoms with Crippen molar-refractivity contribution in [3.63, 3.8) is 0 Å². The molecule has 2 rings (SSSR count). The van der Waals surface area contributed by atoms with E-state index in [4.69, 9.17) is 5.73 Å². The molecule has 1 aromatic heterocycles. The van der Waals surface area contributed by atoms with Crippen LogP contribution in [0.25, 0.3) is 0 Å². The predicted molar refractivity (Wildman–Crippen MR) is 79.5 cm³/mol. The lowest BCUT2D eigenvalue weighted by Gasteiger charge is -2.32. The molecule has 0 radical (unpaired) electrons. The Hall–Kier alpha value is -0.330. The number of nitrogens with two attached hydrogens (primary N) is 1. The van der Waals surface area contributed by atoms with Gasteiger partial charge in [-0.05, 0) is 25.2 Å². The summed E-state index contributed by atoms with van der Waals surface area (Å²) in [6.45, 7) is 2.28. The first-order chi connectivity index (χ1) is 8.60. The van der Waals surface area contributed by atoms with Gasteiger partial charge in [-0.1, -0.05) is 36.4 Å². The van der Waals surface area contributed by atoms with Gasteiger partial charge in [0.05, 0.1) is 0 Å². The molecule has 4 nitrogen and oxygen atoms in total. The zero-order chi connectivity index (χ0) is 13.1. The lowest BCUT2D eigenvalue weighted by atomic mass is 9.84. The summed E-state index contributed by atoms with van der Waals surface area (Å²) >= 11 is 3.48. The molecular formula is C12H22N4S2. The molecular weight excluding hydrogens is 264 g/mol. The molecule has 1 aromatic rings. The number of hydrogen-bond donors (Lipinski definition) is 1. The summed E-state index contributed by atoms with van der Waals surface area (Å²) < 4.78 is 1.05. The van der Waals surface area contributed by atoms with Crippen LogP contribution in [0.2, 0.25) is 0 Å². The number of rotatable bonds is 4. The molecule has 18 heavy (non-hydrogen) atoms. The van der Waals surface area contributed by atoms with E-state index in [1.165, 1.54) is 19.3 Å². The number of anilines is 1. The lowest BCUT2D eigenvalue weighted by Crippen LogP contribution is -2.38. The number of thioether (sulfide) groups is 1. The van der Waals surface area contributed by atoms with Gasteiger partial charge in [-0.3, -0.25) is 0 Å². The van der Waals surface area contributed by atoms with Crippen LogP contribution >= 0.6 is 23.1 Å². The fourth-order valence-corrected chi connectivity index (χ4v) is 4.62. The highest BCUT2D eigenvalue weighted by molar-refractivity contribution is 8.01. The Morgan fingerprint density at radius 1 is 1.39 bits per heavy atom. The van der Waals surface area contributed by atoms with Crippen LogP contribution in [0, 0.1) is 5.92 Å². The summed E-state index contributed by atoms with van der Waals surface area (Å²) in [5.41, 5.74) is 6.24. The van der Waals surface area contributed by atoms with Crippen LogP contribution in [-0.4, -0.2) is 35.6 Å². The van der Waals surface area contributed by atoms with Crippen molar-refractivity contribution < 1.29 is 0 Å². The molecule has 1 fully saturated rings. The highest BCUT2D eigenvalue weighted by Crippen LogP contribution is 2.38. The fourth-order valence-electron chi connectivity index (χ4n) is 2.30. The zero-order valence-electron chi connectivity index (χ0n) is 11.3. The summed E-state index contributed by atoms with van der Waals surface area (Å²) in [5, 5.41) is 9.90. The molecule has 102 valence electrons. The Morgan fingerprint density at radius 3 is 2.78 bits per heavy atom. The van der Waals surface area contributed by atoms with E-state index < -0.39 is 0 Å². The highest BCUT2D eigenvalue weighted by atomic mass is 32.2. The SMILES string of the molecule is CCC1CCC(N)C(Sc2nnc(N(C)C)s2)C1. The van der Waals surface area contributed by atoms with Crippen LogP contribution in [0.4, 0.5) is 5.13 Å². The van der Waals surface area contributed by atoms with E-state index in [0.29, 0.717) is 11.3 Å². The van der Waals surface area contributed by atoms with Gasteiger partial charge in [0.15, 0.2) is 4.34 Å². The first-order valence-corrected chi connectivity index (χ1v) is 8.22. The van der Waals surface area contributed by atoms with E-state index in [1.807, 2.05) is 30.8 Å². The minimum absolute atomic E-state index is 0.310. The largest absolute Gasteiger partial charge is 0.353 e. The van der Waals surface area contributed by atoms with E-state index in [9.17, 15) is 0 Å². The summed E-state index contributed by atoms with van der Waals surface area (Å²) in [6.07, 6.45) is 4.92. The van der Waals surface area contributed by atoms with Gasteiger partial charge in [-0.25, -0.2) is 0 Å². The van der Waals surface area contributed by atoms with E-state index in [-0.39, 0.29) is 0 Å². The van der Waals surface area contributed by atoms with Crippen LogP contribution in [0.1, 0.15) is 32.6 Å². The number of hydrogen-bond acceptors (Lipinski definition) is 6. The highest BCUT2D eigenvalue weighted by Gasteiger charge is 2.29. The molecule has 6 heteroatoms. The molecule has 0 spiro atoms. The quantitative estimate of drug-likeness (QED) is 0.922. The molecule has 0 aliphatic heterocycles. The minimum Gasteiger partial charge on any atom is -0.353 e. The fraction of sp³-hybridized carbons (Fsp3) is 0.833. The Balaban J connectivity index is 1.98. The molecule has 1 aliphatic carbocycles. The molecule has 3 unspecified atom stereocenters. The van der Waals surface area contributed by atoms with Gasteiger partial charge < -0.3 is 10.6 Å². The van der Waals surface area contributed by atoms with Gasteiger partial charge in [0.25, 0.3) is 0 Å². The lowest BCUT2D eigenvalue weighted by molar-refractivity contribution is 0.327. The van der Waals surface area contributed by atoms with Crippen LogP contribution in [-0.2, 0) is 0 Å². The van der Waals surface area contributed by atoms with Crippen molar-refractivity contribution in [3.8, 4) is 0 Å². The predicted octanol–water partition coefficient (Wildman–Crippen LogP) is 2.60. The Morgan fingerprint density at radius 2 is 2.17 bits per heavy atom. The third kappa shape index (κ3) is 3.36. The number of nitrogens with zero attached hydrogens (tertiary/aromatic N) is 3. The van der Waals surface area contributed by atoms with E-state index in [0.717, 1.165) is 21.8 Å². The van der Waals surface area contributed by atoms with Crippen LogP contribution < -0.4 is 10.6 Å². The summed E-state index contributed by atoms with van der Waals surface area (Å²) in [6, 6.07) is 0.310. The standard InChI is InChI=1S/C12H22N4S2/c1-4-8-5-6-9(13)10(7-8)17-12-15-14-11(18-12)16(2)3/h8-10H,4-7,13H2,1-3H3. The monoisotopic (exact) mass is 286 g/mol. The van der Waals surface area contributed by atoms with Gasteiger partial charge >= 0.3 is 0 Å². The van der Waals surface area contributed by atoms with Crippen molar-refractivity contribution in [3.05, 3.63) is 0 Å². The molecule has 3 atom stereocenters. The Kier molecular flexibility index (Phi) is 4.86. The molecule has 0 aromatic carbocycles. The molecule has 2 N–H and O–H groups in total. The van der Waals surface area contributed by atoms with Crippen molar-refractivity contribution in [1.29, 1.82) is 0 Å². The Bertz CT molecular complexity index is 380. The molecule has 0 saturated heterocycles. The minimum atomic E-state index is 0.310. The summed E-state index contributed by atoms with van der Waals surface area (Å²) in [5.74, 6) is 0.837. The van der Waals surface area contributed by atoms with Crippen molar-refractivity contribution >= 4 is 28.2 Å². The Labute approximate surface area is 117 Å². The summed E-state index contributed by atoms with van der Waals surface area (Å²) in [4.78, 5) is 2.00. The maximum atomic E-state index is 6.24. The smallest absolute Gasteiger partial charge is 0.208 e. The van der Waals surface area contributed by atoms with Gasteiger partial charge in [0, 0.05) is 25.4 Å². The third-order valence-electron chi connectivity index (χ3n) is 3.56. The first kappa shape index (κ1) is 14.1. The second kappa shape index (κ2) is 6.21. The molecule has 1 heterocycles. The maximum absolute atomic E-state index is 6.24. The van der Waals surface area contributed by atoms with Crippen molar-refractivity contribution in [2.75, 3.05) is 19.0 Å². The second-order valence-corrected chi connectivity index (χ2v) is 7.59. The van der Waals surface area contributed by atoms with Crippen LogP contribution in [0.15, 0.2) is 4.34 Å². The van der Waals surface area contributed by atoms with Gasteiger partial charge in [0.1, 0.15) is 0 Å². The van der Waals surface area contributed by atoms with Gasteiger partial charge in [0.2, 0.25) is 5.13 Å². The first-order valence-electron chi connectivity index (χ1n) is 6.53. The average molecular weight is 286 g/mol. The average Bonchev–Trinajstić information content (AvgIpc) is 2.81. The van der Waals surface area contributed by atoms with E-state index in [2.05, 4.69) is 17.1 Å². The topological polar surface area (TPSA) is 55.0 Å². The second-order valence-electron chi connectivity index (χ2n) is 5.15. The molecule has 0 bridgehead atoms. The van der Waals surface area contributed by atoms with Crippen molar-refractivity contribution in [1.82, 2.24) is 10.2 Å². The zero-order valence-corrected chi connectivity index (χ0v) is 12.9. The van der Waals surface area contributed by atoms with Crippen LogP contribution in [0.3, 0.4) is 0 Å². The molecule has 1 aliphatic rings. The van der Waals surface area contributed by atoms with E-state index in [1.54, 1.807) is 11.3 Å². The summed E-state index contributed by atoms with van der Waals surface area (Å²) in [7, 11) is 3.99. The number of aromatic nitrogens is 2. The van der Waals surface area contributed by atoms with E-state index >= 15 is 0 Å². The molecule has 1 saturated carbocycles. The van der Waals surface area contributed by atoms with Crippen molar-refractivity contribution in [2.45, 2.75) is 48.2 Å². The molecule has 0 amide bonds. The maximum Gasteiger partial charge on any atom is 0.208 e. The third-order valence-corrected chi connectivity index (χ3v) is 6.11.